The first-order valence-electron chi connectivity index (χ1n) is 5.39. The third kappa shape index (κ3) is 1.37. The van der Waals surface area contributed by atoms with Crippen LogP contribution in [0.5, 0.6) is 0 Å². The highest BCUT2D eigenvalue weighted by molar-refractivity contribution is 6.34. The van der Waals surface area contributed by atoms with E-state index in [1.807, 2.05) is 0 Å². The molecule has 0 spiro atoms. The summed E-state index contributed by atoms with van der Waals surface area (Å²) in [4.78, 5) is 29.3. The number of pyridine rings is 1. The minimum atomic E-state index is -0.367. The Morgan fingerprint density at radius 3 is 2.06 bits per heavy atom. The zero-order valence-corrected chi connectivity index (χ0v) is 9.33. The maximum absolute atomic E-state index is 12.1. The number of rotatable bonds is 1. The lowest BCUT2D eigenvalue weighted by Crippen LogP contribution is -2.30. The van der Waals surface area contributed by atoms with Gasteiger partial charge in [-0.15, -0.1) is 0 Å². The van der Waals surface area contributed by atoms with Crippen molar-refractivity contribution >= 4 is 23.5 Å². The lowest BCUT2D eigenvalue weighted by molar-refractivity contribution is 0.0925. The second-order valence-electron chi connectivity index (χ2n) is 3.91. The summed E-state index contributed by atoms with van der Waals surface area (Å²) in [6.07, 6.45) is 0. The number of imide groups is 1. The van der Waals surface area contributed by atoms with Crippen LogP contribution >= 0.6 is 0 Å². The van der Waals surface area contributed by atoms with Crippen molar-refractivity contribution in [2.45, 2.75) is 0 Å². The molecule has 2 amide bonds. The van der Waals surface area contributed by atoms with E-state index in [1.54, 1.807) is 42.5 Å². The zero-order chi connectivity index (χ0) is 12.7. The van der Waals surface area contributed by atoms with E-state index in [0.29, 0.717) is 11.1 Å². The molecule has 5 heteroatoms. The molecule has 0 unspecified atom stereocenters. The van der Waals surface area contributed by atoms with Gasteiger partial charge in [0, 0.05) is 0 Å². The number of hydrogen-bond acceptors (Lipinski definition) is 4. The van der Waals surface area contributed by atoms with Crippen LogP contribution in [0.15, 0.2) is 42.5 Å². The molecule has 18 heavy (non-hydrogen) atoms. The monoisotopic (exact) mass is 239 g/mol. The van der Waals surface area contributed by atoms with Crippen molar-refractivity contribution in [3.63, 3.8) is 0 Å². The van der Waals surface area contributed by atoms with Crippen molar-refractivity contribution in [2.75, 3.05) is 10.6 Å². The molecule has 2 aromatic rings. The molecular formula is C13H9N3O2. The van der Waals surface area contributed by atoms with Crippen LogP contribution in [0, 0.1) is 0 Å². The van der Waals surface area contributed by atoms with E-state index in [9.17, 15) is 9.59 Å². The Balaban J connectivity index is 2.12. The summed E-state index contributed by atoms with van der Waals surface area (Å²) in [5.41, 5.74) is 6.35. The number of carbonyl (C=O) groups excluding carboxylic acids is 2. The number of carbonyl (C=O) groups is 2. The number of nitrogen functional groups attached to an aromatic ring is 1. The van der Waals surface area contributed by atoms with Crippen LogP contribution in [0.1, 0.15) is 20.7 Å². The van der Waals surface area contributed by atoms with Gasteiger partial charge in [-0.2, -0.15) is 0 Å². The molecular weight excluding hydrogens is 230 g/mol. The largest absolute Gasteiger partial charge is 0.384 e. The topological polar surface area (TPSA) is 76.3 Å². The van der Waals surface area contributed by atoms with Gasteiger partial charge in [-0.3, -0.25) is 9.59 Å². The molecule has 0 saturated carbocycles. The molecule has 5 nitrogen and oxygen atoms in total. The Morgan fingerprint density at radius 2 is 1.50 bits per heavy atom. The van der Waals surface area contributed by atoms with Crippen molar-refractivity contribution < 1.29 is 9.59 Å². The lowest BCUT2D eigenvalue weighted by Gasteiger charge is -2.12. The number of anilines is 2. The van der Waals surface area contributed by atoms with Gasteiger partial charge in [0.2, 0.25) is 0 Å². The first-order chi connectivity index (χ1) is 8.68. The Bertz CT molecular complexity index is 632. The van der Waals surface area contributed by atoms with E-state index in [0.717, 1.165) is 4.90 Å². The lowest BCUT2D eigenvalue weighted by atomic mass is 10.1. The fourth-order valence-electron chi connectivity index (χ4n) is 1.96. The van der Waals surface area contributed by atoms with Crippen molar-refractivity contribution in [3.05, 3.63) is 53.6 Å². The maximum Gasteiger partial charge on any atom is 0.267 e. The second-order valence-corrected chi connectivity index (χ2v) is 3.91. The Hall–Kier alpha value is -2.69. The normalized spacial score (nSPS) is 13.9. The summed E-state index contributed by atoms with van der Waals surface area (Å²) in [5, 5.41) is 0. The van der Waals surface area contributed by atoms with Crippen molar-refractivity contribution in [2.24, 2.45) is 0 Å². The summed E-state index contributed by atoms with van der Waals surface area (Å²) >= 11 is 0. The molecule has 1 aliphatic heterocycles. The van der Waals surface area contributed by atoms with Gasteiger partial charge in [-0.1, -0.05) is 18.2 Å². The van der Waals surface area contributed by atoms with Crippen LogP contribution in [0.25, 0.3) is 0 Å². The van der Waals surface area contributed by atoms with Crippen LogP contribution in [0.4, 0.5) is 11.6 Å². The van der Waals surface area contributed by atoms with Crippen LogP contribution in [-0.4, -0.2) is 16.8 Å². The van der Waals surface area contributed by atoms with Gasteiger partial charge in [0.05, 0.1) is 11.1 Å². The summed E-state index contributed by atoms with van der Waals surface area (Å²) in [6.45, 7) is 0. The molecule has 0 radical (unpaired) electrons. The molecule has 1 aromatic carbocycles. The zero-order valence-electron chi connectivity index (χ0n) is 9.33. The van der Waals surface area contributed by atoms with Crippen molar-refractivity contribution in [3.8, 4) is 0 Å². The third-order valence-corrected chi connectivity index (χ3v) is 2.78. The number of nitrogens with two attached hydrogens (primary N) is 1. The predicted octanol–water partition coefficient (Wildman–Crippen LogP) is 1.46. The first-order valence-corrected chi connectivity index (χ1v) is 5.39. The number of aromatic nitrogens is 1. The fourth-order valence-corrected chi connectivity index (χ4v) is 1.96. The number of amides is 2. The molecule has 0 bridgehead atoms. The highest BCUT2D eigenvalue weighted by Gasteiger charge is 2.36. The fraction of sp³-hybridized carbons (Fsp3) is 0. The van der Waals surface area contributed by atoms with Gasteiger partial charge < -0.3 is 5.73 Å². The molecule has 0 aliphatic carbocycles. The highest BCUT2D eigenvalue weighted by Crippen LogP contribution is 2.27. The number of fused-ring (bicyclic) bond motifs is 1. The number of nitrogens with zero attached hydrogens (tertiary/aromatic N) is 2. The molecule has 0 saturated heterocycles. The van der Waals surface area contributed by atoms with Crippen LogP contribution in [-0.2, 0) is 0 Å². The van der Waals surface area contributed by atoms with Gasteiger partial charge in [0.15, 0.2) is 0 Å². The maximum atomic E-state index is 12.1. The van der Waals surface area contributed by atoms with E-state index in [1.165, 1.54) is 0 Å². The second kappa shape index (κ2) is 3.66. The van der Waals surface area contributed by atoms with Crippen LogP contribution in [0.3, 0.4) is 0 Å². The molecule has 2 heterocycles. The standard InChI is InChI=1S/C13H9N3O2/c14-10-6-3-7-11(15-10)16-12(17)8-4-1-2-5-9(8)13(16)18/h1-7H,(H2,14,15). The van der Waals surface area contributed by atoms with E-state index in [4.69, 9.17) is 5.73 Å². The Morgan fingerprint density at radius 1 is 0.889 bits per heavy atom. The van der Waals surface area contributed by atoms with E-state index in [-0.39, 0.29) is 23.5 Å². The minimum Gasteiger partial charge on any atom is -0.384 e. The quantitative estimate of drug-likeness (QED) is 0.764. The van der Waals surface area contributed by atoms with Crippen molar-refractivity contribution in [1.82, 2.24) is 4.98 Å². The highest BCUT2D eigenvalue weighted by atomic mass is 16.2. The molecule has 0 fully saturated rings. The Labute approximate surface area is 103 Å². The van der Waals surface area contributed by atoms with E-state index >= 15 is 0 Å². The van der Waals surface area contributed by atoms with Crippen LogP contribution in [0.2, 0.25) is 0 Å². The van der Waals surface area contributed by atoms with Crippen LogP contribution < -0.4 is 10.6 Å². The van der Waals surface area contributed by atoms with Gasteiger partial charge >= 0.3 is 0 Å². The van der Waals surface area contributed by atoms with Gasteiger partial charge in [0.25, 0.3) is 11.8 Å². The minimum absolute atomic E-state index is 0.251. The average Bonchev–Trinajstić information content (AvgIpc) is 2.63. The number of hydrogen-bond donors (Lipinski definition) is 1. The van der Waals surface area contributed by atoms with Crippen molar-refractivity contribution in [1.29, 1.82) is 0 Å². The first kappa shape index (κ1) is 10.5. The molecule has 88 valence electrons. The Kier molecular flexibility index (Phi) is 2.13. The molecule has 2 N–H and O–H groups in total. The predicted molar refractivity (Wildman–Crippen MR) is 66.2 cm³/mol. The molecule has 3 rings (SSSR count). The molecule has 1 aliphatic rings. The van der Waals surface area contributed by atoms with E-state index < -0.39 is 0 Å². The van der Waals surface area contributed by atoms with Gasteiger partial charge in [-0.25, -0.2) is 9.88 Å². The molecule has 0 atom stereocenters. The van der Waals surface area contributed by atoms with Gasteiger partial charge in [-0.05, 0) is 24.3 Å². The SMILES string of the molecule is Nc1cccc(N2C(=O)c3ccccc3C2=O)n1. The van der Waals surface area contributed by atoms with E-state index in [2.05, 4.69) is 4.98 Å². The van der Waals surface area contributed by atoms with Gasteiger partial charge in [0.1, 0.15) is 11.6 Å². The smallest absolute Gasteiger partial charge is 0.267 e. The summed E-state index contributed by atoms with van der Waals surface area (Å²) < 4.78 is 0. The average molecular weight is 239 g/mol. The number of benzene rings is 1. The summed E-state index contributed by atoms with van der Waals surface area (Å²) in [6, 6.07) is 11.5. The summed E-state index contributed by atoms with van der Waals surface area (Å²) in [5.74, 6) is -0.215. The third-order valence-electron chi connectivity index (χ3n) is 2.78. The summed E-state index contributed by atoms with van der Waals surface area (Å²) in [7, 11) is 0. The molecule has 1 aromatic heterocycles.